The highest BCUT2D eigenvalue weighted by molar-refractivity contribution is 5.93. The van der Waals surface area contributed by atoms with Gasteiger partial charge in [-0.1, -0.05) is 17.3 Å². The number of aromatic nitrogens is 3. The van der Waals surface area contributed by atoms with Crippen LogP contribution in [0.3, 0.4) is 0 Å². The van der Waals surface area contributed by atoms with Gasteiger partial charge < -0.3 is 24.6 Å². The standard InChI is InChI=1S/C22H28N6O3/c1-3-23-22(26-17-8-6-9-18(16-17)30-15-7-14-29-2)25-13-11-20-27-21(31-28-20)19-10-4-5-12-24-19/h4-6,8-10,12,16H,3,7,11,13-15H2,1-2H3,(H2,23,25,26). The van der Waals surface area contributed by atoms with Crippen molar-refractivity contribution in [3.63, 3.8) is 0 Å². The molecule has 3 rings (SSSR count). The summed E-state index contributed by atoms with van der Waals surface area (Å²) in [6.45, 7) is 4.55. The minimum absolute atomic E-state index is 0.409. The van der Waals surface area contributed by atoms with Crippen LogP contribution < -0.4 is 15.4 Å². The molecule has 0 aliphatic rings. The van der Waals surface area contributed by atoms with E-state index in [1.54, 1.807) is 13.3 Å². The molecule has 164 valence electrons. The van der Waals surface area contributed by atoms with Crippen LogP contribution in [-0.2, 0) is 11.2 Å². The van der Waals surface area contributed by atoms with Crippen LogP contribution >= 0.6 is 0 Å². The van der Waals surface area contributed by atoms with Crippen molar-refractivity contribution in [2.75, 3.05) is 38.7 Å². The predicted molar refractivity (Wildman–Crippen MR) is 119 cm³/mol. The maximum Gasteiger partial charge on any atom is 0.276 e. The number of methoxy groups -OCH3 is 1. The van der Waals surface area contributed by atoms with Crippen molar-refractivity contribution < 1.29 is 14.0 Å². The van der Waals surface area contributed by atoms with Crippen molar-refractivity contribution in [3.05, 3.63) is 54.5 Å². The maximum absolute atomic E-state index is 5.76. The fraction of sp³-hybridized carbons (Fsp3) is 0.364. The maximum atomic E-state index is 5.76. The fourth-order valence-corrected chi connectivity index (χ4v) is 2.72. The smallest absolute Gasteiger partial charge is 0.276 e. The van der Waals surface area contributed by atoms with Gasteiger partial charge in [0.05, 0.1) is 6.61 Å². The van der Waals surface area contributed by atoms with Gasteiger partial charge in [-0.2, -0.15) is 4.98 Å². The highest BCUT2D eigenvalue weighted by Gasteiger charge is 2.09. The molecule has 2 N–H and O–H groups in total. The summed E-state index contributed by atoms with van der Waals surface area (Å²) in [7, 11) is 1.68. The number of nitrogens with zero attached hydrogens (tertiary/aromatic N) is 4. The summed E-state index contributed by atoms with van der Waals surface area (Å²) >= 11 is 0. The molecule has 0 saturated carbocycles. The molecule has 0 amide bonds. The van der Waals surface area contributed by atoms with Gasteiger partial charge in [-0.15, -0.1) is 0 Å². The molecule has 0 spiro atoms. The molecule has 0 aliphatic heterocycles. The van der Waals surface area contributed by atoms with Gasteiger partial charge in [0.15, 0.2) is 11.8 Å². The van der Waals surface area contributed by atoms with E-state index in [9.17, 15) is 0 Å². The number of guanidine groups is 1. The Labute approximate surface area is 181 Å². The van der Waals surface area contributed by atoms with Crippen LogP contribution in [0.15, 0.2) is 58.2 Å². The Hall–Kier alpha value is -3.46. The average Bonchev–Trinajstić information content (AvgIpc) is 3.27. The summed E-state index contributed by atoms with van der Waals surface area (Å²) < 4.78 is 16.1. The Morgan fingerprint density at radius 1 is 1.16 bits per heavy atom. The average molecular weight is 425 g/mol. The summed E-state index contributed by atoms with van der Waals surface area (Å²) in [5, 5.41) is 10.5. The number of nitrogens with one attached hydrogen (secondary N) is 2. The first kappa shape index (κ1) is 22.2. The van der Waals surface area contributed by atoms with Crippen LogP contribution in [0.4, 0.5) is 5.69 Å². The second-order valence-electron chi connectivity index (χ2n) is 6.59. The lowest BCUT2D eigenvalue weighted by atomic mass is 10.3. The zero-order valence-electron chi connectivity index (χ0n) is 17.9. The summed E-state index contributed by atoms with van der Waals surface area (Å²) in [5.41, 5.74) is 1.55. The molecule has 31 heavy (non-hydrogen) atoms. The van der Waals surface area contributed by atoms with E-state index in [4.69, 9.17) is 14.0 Å². The van der Waals surface area contributed by atoms with E-state index in [-0.39, 0.29) is 0 Å². The summed E-state index contributed by atoms with van der Waals surface area (Å²) in [5.74, 6) is 2.47. The van der Waals surface area contributed by atoms with Gasteiger partial charge >= 0.3 is 0 Å². The Bertz CT molecular complexity index is 945. The van der Waals surface area contributed by atoms with Gasteiger partial charge in [0.25, 0.3) is 5.89 Å². The molecule has 2 aromatic heterocycles. The monoisotopic (exact) mass is 424 g/mol. The first-order valence-electron chi connectivity index (χ1n) is 10.3. The van der Waals surface area contributed by atoms with Crippen molar-refractivity contribution in [1.82, 2.24) is 20.4 Å². The van der Waals surface area contributed by atoms with Crippen molar-refractivity contribution in [1.29, 1.82) is 0 Å². The Balaban J connectivity index is 1.55. The molecule has 2 heterocycles. The van der Waals surface area contributed by atoms with Crippen molar-refractivity contribution >= 4 is 11.6 Å². The zero-order chi connectivity index (χ0) is 21.7. The largest absolute Gasteiger partial charge is 0.493 e. The predicted octanol–water partition coefficient (Wildman–Crippen LogP) is 3.17. The van der Waals surface area contributed by atoms with Crippen molar-refractivity contribution in [2.45, 2.75) is 19.8 Å². The van der Waals surface area contributed by atoms with Crippen molar-refractivity contribution in [3.8, 4) is 17.3 Å². The SMILES string of the molecule is CCNC(=NCCc1noc(-c2ccccn2)n1)Nc1cccc(OCCCOC)c1. The number of benzene rings is 1. The van der Waals surface area contributed by atoms with E-state index >= 15 is 0 Å². The molecule has 0 unspecified atom stereocenters. The van der Waals surface area contributed by atoms with Gasteiger partial charge in [0.2, 0.25) is 0 Å². The van der Waals surface area contributed by atoms with E-state index in [0.717, 1.165) is 24.4 Å². The first-order chi connectivity index (χ1) is 15.3. The van der Waals surface area contributed by atoms with Crippen LogP contribution in [0.25, 0.3) is 11.6 Å². The van der Waals surface area contributed by atoms with E-state index in [2.05, 4.69) is 30.8 Å². The highest BCUT2D eigenvalue weighted by atomic mass is 16.5. The normalized spacial score (nSPS) is 11.4. The lowest BCUT2D eigenvalue weighted by Gasteiger charge is -2.12. The quantitative estimate of drug-likeness (QED) is 0.275. The Morgan fingerprint density at radius 2 is 2.10 bits per heavy atom. The van der Waals surface area contributed by atoms with Crippen LogP contribution in [-0.4, -0.2) is 54.5 Å². The highest BCUT2D eigenvalue weighted by Crippen LogP contribution is 2.17. The van der Waals surface area contributed by atoms with Gasteiger partial charge in [0, 0.05) is 57.6 Å². The molecule has 1 aromatic carbocycles. The van der Waals surface area contributed by atoms with E-state index in [0.29, 0.717) is 49.5 Å². The van der Waals surface area contributed by atoms with Crippen LogP contribution in [0.2, 0.25) is 0 Å². The molecule has 0 saturated heterocycles. The molecule has 3 aromatic rings. The van der Waals surface area contributed by atoms with E-state index in [1.807, 2.05) is 49.4 Å². The molecule has 0 aliphatic carbocycles. The number of rotatable bonds is 11. The molecule has 9 heteroatoms. The van der Waals surface area contributed by atoms with Crippen LogP contribution in [0.5, 0.6) is 5.75 Å². The van der Waals surface area contributed by atoms with Gasteiger partial charge in [0.1, 0.15) is 11.4 Å². The molecule has 0 fully saturated rings. The van der Waals surface area contributed by atoms with Crippen LogP contribution in [0.1, 0.15) is 19.2 Å². The molecular weight excluding hydrogens is 396 g/mol. The van der Waals surface area contributed by atoms with Crippen LogP contribution in [0, 0.1) is 0 Å². The minimum Gasteiger partial charge on any atom is -0.493 e. The number of anilines is 1. The minimum atomic E-state index is 0.409. The third kappa shape index (κ3) is 7.38. The lowest BCUT2D eigenvalue weighted by molar-refractivity contribution is 0.172. The topological polar surface area (TPSA) is 107 Å². The van der Waals surface area contributed by atoms with Gasteiger partial charge in [-0.3, -0.25) is 9.98 Å². The third-order valence-corrected chi connectivity index (χ3v) is 4.16. The first-order valence-corrected chi connectivity index (χ1v) is 10.3. The molecule has 0 bridgehead atoms. The molecular formula is C22H28N6O3. The number of hydrogen-bond acceptors (Lipinski definition) is 7. The lowest BCUT2D eigenvalue weighted by Crippen LogP contribution is -2.30. The summed E-state index contributed by atoms with van der Waals surface area (Å²) in [4.78, 5) is 13.2. The Kier molecular flexibility index (Phi) is 8.81. The second-order valence-corrected chi connectivity index (χ2v) is 6.59. The summed E-state index contributed by atoms with van der Waals surface area (Å²) in [6.07, 6.45) is 3.09. The zero-order valence-corrected chi connectivity index (χ0v) is 17.9. The summed E-state index contributed by atoms with van der Waals surface area (Å²) in [6, 6.07) is 13.3. The number of ether oxygens (including phenoxy) is 2. The second kappa shape index (κ2) is 12.3. The van der Waals surface area contributed by atoms with Crippen molar-refractivity contribution in [2.24, 2.45) is 4.99 Å². The number of hydrogen-bond donors (Lipinski definition) is 2. The van der Waals surface area contributed by atoms with E-state index < -0.39 is 0 Å². The number of aliphatic imine (C=N–C) groups is 1. The van der Waals surface area contributed by atoms with Gasteiger partial charge in [-0.05, 0) is 31.2 Å². The molecule has 9 nitrogen and oxygen atoms in total. The fourth-order valence-electron chi connectivity index (χ4n) is 2.72. The van der Waals surface area contributed by atoms with Gasteiger partial charge in [-0.25, -0.2) is 0 Å². The van der Waals surface area contributed by atoms with E-state index in [1.165, 1.54) is 0 Å². The Morgan fingerprint density at radius 3 is 2.90 bits per heavy atom. The number of pyridine rings is 1. The molecule has 0 atom stereocenters. The third-order valence-electron chi connectivity index (χ3n) is 4.16. The molecule has 0 radical (unpaired) electrons.